The molecule has 1 atom stereocenters. The smallest absolute Gasteiger partial charge is 0.235 e. The molecule has 2 N–H and O–H groups in total. The second-order valence-electron chi connectivity index (χ2n) is 5.22. The summed E-state index contributed by atoms with van der Waals surface area (Å²) in [4.78, 5) is 11.9. The molecule has 6 nitrogen and oxygen atoms in total. The van der Waals surface area contributed by atoms with Crippen molar-refractivity contribution in [1.82, 2.24) is 10.0 Å². The molecule has 0 aliphatic carbocycles. The van der Waals surface area contributed by atoms with Gasteiger partial charge in [-0.25, -0.2) is 13.1 Å². The van der Waals surface area contributed by atoms with E-state index in [-0.39, 0.29) is 30.9 Å². The van der Waals surface area contributed by atoms with Gasteiger partial charge in [-0.2, -0.15) is 0 Å². The van der Waals surface area contributed by atoms with Crippen LogP contribution in [-0.2, 0) is 26.0 Å². The molecule has 1 aromatic carbocycles. The normalized spacial score (nSPS) is 12.8. The number of hydrogen-bond acceptors (Lipinski definition) is 4. The van der Waals surface area contributed by atoms with E-state index in [0.717, 1.165) is 12.0 Å². The molecule has 0 saturated heterocycles. The fraction of sp³-hybridized carbons (Fsp3) is 0.562. The van der Waals surface area contributed by atoms with Crippen molar-refractivity contribution in [3.63, 3.8) is 0 Å². The number of aryl methyl sites for hydroxylation is 1. The van der Waals surface area contributed by atoms with Gasteiger partial charge in [-0.15, -0.1) is 0 Å². The van der Waals surface area contributed by atoms with Gasteiger partial charge in [0.1, 0.15) is 0 Å². The first-order valence-corrected chi connectivity index (χ1v) is 9.46. The molecule has 0 spiro atoms. The average Bonchev–Trinajstić information content (AvgIpc) is 2.53. The van der Waals surface area contributed by atoms with Crippen LogP contribution in [-0.4, -0.2) is 39.8 Å². The first-order chi connectivity index (χ1) is 10.9. The lowest BCUT2D eigenvalue weighted by Crippen LogP contribution is -2.39. The highest BCUT2D eigenvalue weighted by Gasteiger charge is 2.14. The van der Waals surface area contributed by atoms with Crippen molar-refractivity contribution in [3.05, 3.63) is 35.4 Å². The van der Waals surface area contributed by atoms with Crippen LogP contribution in [0.2, 0.25) is 0 Å². The molecule has 0 radical (unpaired) electrons. The van der Waals surface area contributed by atoms with E-state index in [0.29, 0.717) is 6.61 Å². The molecule has 1 amide bonds. The Morgan fingerprint density at radius 3 is 2.43 bits per heavy atom. The molecular weight excluding hydrogens is 316 g/mol. The molecule has 0 fully saturated rings. The predicted octanol–water partition coefficient (Wildman–Crippen LogP) is 1.38. The van der Waals surface area contributed by atoms with Crippen LogP contribution < -0.4 is 10.0 Å². The molecular formula is C16H26N2O4S. The van der Waals surface area contributed by atoms with Crippen molar-refractivity contribution in [3.8, 4) is 0 Å². The summed E-state index contributed by atoms with van der Waals surface area (Å²) >= 11 is 0. The number of nitrogens with one attached hydrogen (secondary N) is 2. The third-order valence-electron chi connectivity index (χ3n) is 3.42. The first kappa shape index (κ1) is 19.6. The van der Waals surface area contributed by atoms with E-state index in [4.69, 9.17) is 4.74 Å². The monoisotopic (exact) mass is 342 g/mol. The maximum absolute atomic E-state index is 11.9. The summed E-state index contributed by atoms with van der Waals surface area (Å²) in [6, 6.07) is 7.80. The van der Waals surface area contributed by atoms with E-state index in [1.165, 1.54) is 5.56 Å². The van der Waals surface area contributed by atoms with E-state index >= 15 is 0 Å². The van der Waals surface area contributed by atoms with Crippen LogP contribution >= 0.6 is 0 Å². The maximum Gasteiger partial charge on any atom is 0.235 e. The van der Waals surface area contributed by atoms with Crippen molar-refractivity contribution in [2.24, 2.45) is 0 Å². The second-order valence-corrected chi connectivity index (χ2v) is 7.15. The number of sulfonamides is 1. The zero-order valence-electron chi connectivity index (χ0n) is 14.0. The molecule has 0 aliphatic heterocycles. The summed E-state index contributed by atoms with van der Waals surface area (Å²) in [6.45, 7) is 6.05. The Morgan fingerprint density at radius 2 is 1.87 bits per heavy atom. The summed E-state index contributed by atoms with van der Waals surface area (Å²) in [5, 5.41) is 2.78. The van der Waals surface area contributed by atoms with Gasteiger partial charge in [0.25, 0.3) is 0 Å². The summed E-state index contributed by atoms with van der Waals surface area (Å²) < 4.78 is 30.6. The van der Waals surface area contributed by atoms with Gasteiger partial charge < -0.3 is 10.1 Å². The van der Waals surface area contributed by atoms with Gasteiger partial charge in [-0.1, -0.05) is 31.2 Å². The maximum atomic E-state index is 11.9. The van der Waals surface area contributed by atoms with Gasteiger partial charge in [-0.05, 0) is 31.4 Å². The zero-order valence-corrected chi connectivity index (χ0v) is 14.8. The lowest BCUT2D eigenvalue weighted by Gasteiger charge is -2.15. The van der Waals surface area contributed by atoms with Gasteiger partial charge in [0.2, 0.25) is 15.9 Å². The fourth-order valence-corrected chi connectivity index (χ4v) is 2.81. The van der Waals surface area contributed by atoms with E-state index in [9.17, 15) is 13.2 Å². The summed E-state index contributed by atoms with van der Waals surface area (Å²) in [7, 11) is -3.49. The molecule has 130 valence electrons. The Morgan fingerprint density at radius 1 is 1.22 bits per heavy atom. The minimum atomic E-state index is -3.49. The van der Waals surface area contributed by atoms with Gasteiger partial charge in [0, 0.05) is 6.61 Å². The van der Waals surface area contributed by atoms with E-state index < -0.39 is 10.0 Å². The predicted molar refractivity (Wildman–Crippen MR) is 90.7 cm³/mol. The number of hydrogen-bond donors (Lipinski definition) is 2. The molecule has 0 saturated carbocycles. The second kappa shape index (κ2) is 9.64. The quantitative estimate of drug-likeness (QED) is 0.629. The SMILES string of the molecule is CCOCCS(=O)(=O)NCC(=O)N[C@H](C)c1ccc(CC)cc1. The topological polar surface area (TPSA) is 84.5 Å². The lowest BCUT2D eigenvalue weighted by molar-refractivity contribution is -0.120. The Bertz CT molecular complexity index is 585. The number of carbonyl (C=O) groups is 1. The highest BCUT2D eigenvalue weighted by molar-refractivity contribution is 7.89. The average molecular weight is 342 g/mol. The number of rotatable bonds is 10. The van der Waals surface area contributed by atoms with E-state index in [1.807, 2.05) is 31.2 Å². The van der Waals surface area contributed by atoms with Gasteiger partial charge in [-0.3, -0.25) is 4.79 Å². The summed E-state index contributed by atoms with van der Waals surface area (Å²) in [5.41, 5.74) is 2.21. The highest BCUT2D eigenvalue weighted by Crippen LogP contribution is 2.13. The lowest BCUT2D eigenvalue weighted by atomic mass is 10.1. The molecule has 1 rings (SSSR count). The van der Waals surface area contributed by atoms with Crippen molar-refractivity contribution >= 4 is 15.9 Å². The fourth-order valence-electron chi connectivity index (χ4n) is 1.98. The van der Waals surface area contributed by atoms with Crippen LogP contribution in [0.25, 0.3) is 0 Å². The van der Waals surface area contributed by atoms with Crippen molar-refractivity contribution in [1.29, 1.82) is 0 Å². The molecule has 0 unspecified atom stereocenters. The zero-order chi connectivity index (χ0) is 17.3. The van der Waals surface area contributed by atoms with Crippen molar-refractivity contribution < 1.29 is 17.9 Å². The van der Waals surface area contributed by atoms with Crippen LogP contribution in [0.3, 0.4) is 0 Å². The van der Waals surface area contributed by atoms with Crippen molar-refractivity contribution in [2.75, 3.05) is 25.5 Å². The van der Waals surface area contributed by atoms with Gasteiger partial charge in [0.05, 0.1) is 24.9 Å². The van der Waals surface area contributed by atoms with Crippen LogP contribution in [0.15, 0.2) is 24.3 Å². The number of ether oxygens (including phenoxy) is 1. The van der Waals surface area contributed by atoms with E-state index in [2.05, 4.69) is 17.0 Å². The molecule has 0 aromatic heterocycles. The number of benzene rings is 1. The molecule has 7 heteroatoms. The molecule has 0 heterocycles. The van der Waals surface area contributed by atoms with Crippen LogP contribution in [0, 0.1) is 0 Å². The number of amides is 1. The minimum Gasteiger partial charge on any atom is -0.381 e. The number of carbonyl (C=O) groups excluding carboxylic acids is 1. The molecule has 23 heavy (non-hydrogen) atoms. The van der Waals surface area contributed by atoms with Crippen LogP contribution in [0.4, 0.5) is 0 Å². The summed E-state index contributed by atoms with van der Waals surface area (Å²) in [5.74, 6) is -0.514. The minimum absolute atomic E-state index is 0.119. The van der Waals surface area contributed by atoms with Crippen LogP contribution in [0.5, 0.6) is 0 Å². The standard InChI is InChI=1S/C16H26N2O4S/c1-4-14-6-8-15(9-7-14)13(3)18-16(19)12-17-23(20,21)11-10-22-5-2/h6-9,13,17H,4-5,10-12H2,1-3H3,(H,18,19)/t13-/m1/s1. The van der Waals surface area contributed by atoms with Gasteiger partial charge in [0.15, 0.2) is 0 Å². The Labute approximate surface area is 138 Å². The van der Waals surface area contributed by atoms with Gasteiger partial charge >= 0.3 is 0 Å². The third kappa shape index (κ3) is 7.58. The summed E-state index contributed by atoms with van der Waals surface area (Å²) in [6.07, 6.45) is 0.963. The molecule has 1 aromatic rings. The largest absolute Gasteiger partial charge is 0.381 e. The Balaban J connectivity index is 2.43. The van der Waals surface area contributed by atoms with E-state index in [1.54, 1.807) is 6.92 Å². The molecule has 0 aliphatic rings. The Kier molecular flexibility index (Phi) is 8.22. The molecule has 0 bridgehead atoms. The van der Waals surface area contributed by atoms with Crippen LogP contribution in [0.1, 0.15) is 37.9 Å². The first-order valence-electron chi connectivity index (χ1n) is 7.81. The van der Waals surface area contributed by atoms with Crippen molar-refractivity contribution in [2.45, 2.75) is 33.2 Å². The third-order valence-corrected chi connectivity index (χ3v) is 4.71. The highest BCUT2D eigenvalue weighted by atomic mass is 32.2. The Hall–Kier alpha value is -1.44.